The van der Waals surface area contributed by atoms with Gasteiger partial charge in [0.2, 0.25) is 5.89 Å². The number of rotatable bonds is 5. The van der Waals surface area contributed by atoms with Gasteiger partial charge in [0.15, 0.2) is 0 Å². The zero-order chi connectivity index (χ0) is 8.81. The molecule has 1 heterocycles. The van der Waals surface area contributed by atoms with Crippen molar-refractivity contribution in [2.45, 2.75) is 19.8 Å². The molecule has 0 saturated carbocycles. The van der Waals surface area contributed by atoms with Gasteiger partial charge < -0.3 is 15.0 Å². The van der Waals surface area contributed by atoms with Crippen LogP contribution in [0.5, 0.6) is 0 Å². The highest BCUT2D eigenvalue weighted by molar-refractivity contribution is 5.10. The average Bonchev–Trinajstić information content (AvgIpc) is 2.45. The van der Waals surface area contributed by atoms with Gasteiger partial charge in [-0.3, -0.25) is 0 Å². The van der Waals surface area contributed by atoms with Crippen molar-refractivity contribution < 1.29 is 9.26 Å². The maximum atomic E-state index is 5.25. The summed E-state index contributed by atoms with van der Waals surface area (Å²) in [4.78, 5) is 3.83. The van der Waals surface area contributed by atoms with Gasteiger partial charge in [0.05, 0.1) is 13.0 Å². The fourth-order valence-corrected chi connectivity index (χ4v) is 0.775. The molecule has 0 radical (unpaired) electrons. The number of anilines is 1. The fraction of sp³-hybridized carbons (Fsp3) is 0.714. The first kappa shape index (κ1) is 8.99. The van der Waals surface area contributed by atoms with Gasteiger partial charge in [-0.15, -0.1) is 0 Å². The van der Waals surface area contributed by atoms with Crippen molar-refractivity contribution >= 4 is 5.95 Å². The summed E-state index contributed by atoms with van der Waals surface area (Å²) >= 11 is 0. The van der Waals surface area contributed by atoms with Crippen LogP contribution in [0.2, 0.25) is 0 Å². The number of hydrogen-bond donors (Lipinski definition) is 1. The Morgan fingerprint density at radius 3 is 2.92 bits per heavy atom. The molecule has 0 atom stereocenters. The first-order chi connectivity index (χ1) is 5.83. The van der Waals surface area contributed by atoms with E-state index in [0.29, 0.717) is 18.9 Å². The van der Waals surface area contributed by atoms with Crippen LogP contribution >= 0.6 is 0 Å². The highest BCUT2D eigenvalue weighted by atomic mass is 16.5. The van der Waals surface area contributed by atoms with Crippen LogP contribution in [0, 0.1) is 0 Å². The third kappa shape index (κ3) is 2.87. The highest BCUT2D eigenvalue weighted by Crippen LogP contribution is 1.98. The molecular formula is C7H13N3O2. The molecule has 5 heteroatoms. The van der Waals surface area contributed by atoms with E-state index >= 15 is 0 Å². The molecule has 0 unspecified atom stereocenters. The second kappa shape index (κ2) is 4.71. The molecule has 5 nitrogen and oxygen atoms in total. The summed E-state index contributed by atoms with van der Waals surface area (Å²) in [6.07, 6.45) is 1.65. The quantitative estimate of drug-likeness (QED) is 0.657. The standard InChI is InChI=1S/C7H13N3O2/c1-2-4-11-5-3-6-9-7(8)10-12-6/h2-5H2,1H3,(H2,8,10). The number of aromatic nitrogens is 2. The number of hydrogen-bond acceptors (Lipinski definition) is 5. The van der Waals surface area contributed by atoms with Gasteiger partial charge in [-0.2, -0.15) is 4.98 Å². The molecule has 0 fully saturated rings. The summed E-state index contributed by atoms with van der Waals surface area (Å²) in [5.74, 6) is 0.712. The number of ether oxygens (including phenoxy) is 1. The second-order valence-electron chi connectivity index (χ2n) is 2.41. The largest absolute Gasteiger partial charge is 0.381 e. The van der Waals surface area contributed by atoms with E-state index in [0.717, 1.165) is 13.0 Å². The maximum absolute atomic E-state index is 5.25. The molecule has 2 N–H and O–H groups in total. The smallest absolute Gasteiger partial charge is 0.260 e. The first-order valence-electron chi connectivity index (χ1n) is 3.98. The molecule has 68 valence electrons. The van der Waals surface area contributed by atoms with Gasteiger partial charge in [0.25, 0.3) is 5.95 Å². The first-order valence-corrected chi connectivity index (χ1v) is 3.98. The molecule has 0 amide bonds. The van der Waals surface area contributed by atoms with Crippen LogP contribution in [0.25, 0.3) is 0 Å². The van der Waals surface area contributed by atoms with Crippen LogP contribution < -0.4 is 5.73 Å². The molecule has 0 saturated heterocycles. The monoisotopic (exact) mass is 171 g/mol. The van der Waals surface area contributed by atoms with Crippen molar-refractivity contribution in [1.29, 1.82) is 0 Å². The summed E-state index contributed by atoms with van der Waals surface area (Å²) < 4.78 is 10.0. The summed E-state index contributed by atoms with van der Waals surface area (Å²) in [5.41, 5.74) is 5.25. The molecule has 0 aliphatic rings. The minimum atomic E-state index is 0.181. The molecular weight excluding hydrogens is 158 g/mol. The summed E-state index contributed by atoms with van der Waals surface area (Å²) in [7, 11) is 0. The van der Waals surface area contributed by atoms with Crippen molar-refractivity contribution in [3.63, 3.8) is 0 Å². The normalized spacial score (nSPS) is 10.4. The topological polar surface area (TPSA) is 74.2 Å². The maximum Gasteiger partial charge on any atom is 0.260 e. The number of nitrogens with two attached hydrogens (primary N) is 1. The average molecular weight is 171 g/mol. The van der Waals surface area contributed by atoms with Crippen molar-refractivity contribution in [1.82, 2.24) is 10.1 Å². The Hall–Kier alpha value is -1.10. The van der Waals surface area contributed by atoms with Crippen LogP contribution in [-0.2, 0) is 11.2 Å². The van der Waals surface area contributed by atoms with Gasteiger partial charge >= 0.3 is 0 Å². The zero-order valence-electron chi connectivity index (χ0n) is 7.12. The third-order valence-corrected chi connectivity index (χ3v) is 1.29. The molecule has 0 aromatic carbocycles. The summed E-state index contributed by atoms with van der Waals surface area (Å²) in [6, 6.07) is 0. The number of nitrogens with zero attached hydrogens (tertiary/aromatic N) is 2. The molecule has 1 rings (SSSR count). The molecule has 0 bridgehead atoms. The Labute approximate surface area is 70.9 Å². The molecule has 1 aromatic heterocycles. The predicted octanol–water partition coefficient (Wildman–Crippen LogP) is 0.621. The van der Waals surface area contributed by atoms with Crippen LogP contribution in [0.1, 0.15) is 19.2 Å². The van der Waals surface area contributed by atoms with Crippen molar-refractivity contribution in [2.24, 2.45) is 0 Å². The van der Waals surface area contributed by atoms with Gasteiger partial charge in [-0.25, -0.2) is 0 Å². The van der Waals surface area contributed by atoms with Gasteiger partial charge in [0, 0.05) is 6.61 Å². The third-order valence-electron chi connectivity index (χ3n) is 1.29. The van der Waals surface area contributed by atoms with Crippen LogP contribution in [0.3, 0.4) is 0 Å². The molecule has 1 aromatic rings. The Morgan fingerprint density at radius 1 is 1.50 bits per heavy atom. The Kier molecular flexibility index (Phi) is 3.53. The van der Waals surface area contributed by atoms with Crippen LogP contribution in [-0.4, -0.2) is 23.4 Å². The second-order valence-corrected chi connectivity index (χ2v) is 2.41. The molecule has 12 heavy (non-hydrogen) atoms. The Balaban J connectivity index is 2.15. The molecule has 0 spiro atoms. The van der Waals surface area contributed by atoms with Gasteiger partial charge in [-0.05, 0) is 11.6 Å². The SMILES string of the molecule is CCCOCCc1nc(N)no1. The van der Waals surface area contributed by atoms with E-state index < -0.39 is 0 Å². The van der Waals surface area contributed by atoms with E-state index in [1.165, 1.54) is 0 Å². The minimum Gasteiger partial charge on any atom is -0.381 e. The van der Waals surface area contributed by atoms with Gasteiger partial charge in [-0.1, -0.05) is 6.92 Å². The van der Waals surface area contributed by atoms with E-state index in [-0.39, 0.29) is 5.95 Å². The predicted molar refractivity (Wildman–Crippen MR) is 43.5 cm³/mol. The Bertz CT molecular complexity index is 224. The zero-order valence-corrected chi connectivity index (χ0v) is 7.12. The summed E-state index contributed by atoms with van der Waals surface area (Å²) in [5, 5.41) is 3.45. The molecule has 0 aliphatic carbocycles. The van der Waals surface area contributed by atoms with E-state index in [4.69, 9.17) is 15.0 Å². The lowest BCUT2D eigenvalue weighted by Crippen LogP contribution is -1.99. The fourth-order valence-electron chi connectivity index (χ4n) is 0.775. The Morgan fingerprint density at radius 2 is 2.33 bits per heavy atom. The van der Waals surface area contributed by atoms with Crippen molar-refractivity contribution in [3.05, 3.63) is 5.89 Å². The van der Waals surface area contributed by atoms with Crippen molar-refractivity contribution in [2.75, 3.05) is 18.9 Å². The highest BCUT2D eigenvalue weighted by Gasteiger charge is 2.01. The van der Waals surface area contributed by atoms with E-state index in [9.17, 15) is 0 Å². The lowest BCUT2D eigenvalue weighted by molar-refractivity contribution is 0.132. The number of nitrogen functional groups attached to an aromatic ring is 1. The van der Waals surface area contributed by atoms with Crippen molar-refractivity contribution in [3.8, 4) is 0 Å². The minimum absolute atomic E-state index is 0.181. The van der Waals surface area contributed by atoms with E-state index in [1.807, 2.05) is 0 Å². The van der Waals surface area contributed by atoms with Gasteiger partial charge in [0.1, 0.15) is 0 Å². The lowest BCUT2D eigenvalue weighted by Gasteiger charge is -1.97. The van der Waals surface area contributed by atoms with Crippen LogP contribution in [0.4, 0.5) is 5.95 Å². The van der Waals surface area contributed by atoms with E-state index in [1.54, 1.807) is 0 Å². The van der Waals surface area contributed by atoms with Crippen LogP contribution in [0.15, 0.2) is 4.52 Å². The summed E-state index contributed by atoms with van der Waals surface area (Å²) in [6.45, 7) is 3.43. The lowest BCUT2D eigenvalue weighted by atomic mass is 10.4. The molecule has 0 aliphatic heterocycles. The van der Waals surface area contributed by atoms with E-state index in [2.05, 4.69) is 17.1 Å².